The summed E-state index contributed by atoms with van der Waals surface area (Å²) in [5.41, 5.74) is 1.98. The molecule has 0 aliphatic heterocycles. The molecule has 2 aromatic rings. The Morgan fingerprint density at radius 3 is 2.46 bits per heavy atom. The molecule has 1 heterocycles. The van der Waals surface area contributed by atoms with Gasteiger partial charge in [0.25, 0.3) is 0 Å². The van der Waals surface area contributed by atoms with Crippen LogP contribution in [-0.2, 0) is 16.0 Å². The number of hydrogen-bond donors (Lipinski definition) is 2. The van der Waals surface area contributed by atoms with E-state index >= 15 is 0 Å². The summed E-state index contributed by atoms with van der Waals surface area (Å²) in [6.07, 6.45) is 6.09. The van der Waals surface area contributed by atoms with Gasteiger partial charge in [-0.1, -0.05) is 30.3 Å². The molecule has 1 fully saturated rings. The SMILES string of the molecule is O=C(CNC(=O)C(Cc1ccncc1)c1ccccc1)NC1CC1. The molecule has 1 atom stereocenters. The van der Waals surface area contributed by atoms with Crippen molar-refractivity contribution in [3.05, 3.63) is 66.0 Å². The first-order chi connectivity index (χ1) is 11.7. The predicted molar refractivity (Wildman–Crippen MR) is 91.3 cm³/mol. The molecule has 1 aromatic heterocycles. The van der Waals surface area contributed by atoms with Gasteiger partial charge >= 0.3 is 0 Å². The lowest BCUT2D eigenvalue weighted by Gasteiger charge is -2.17. The van der Waals surface area contributed by atoms with Crippen molar-refractivity contribution in [2.75, 3.05) is 6.54 Å². The van der Waals surface area contributed by atoms with Gasteiger partial charge in [-0.2, -0.15) is 0 Å². The number of carbonyl (C=O) groups is 2. The lowest BCUT2D eigenvalue weighted by Crippen LogP contribution is -2.40. The fraction of sp³-hybridized carbons (Fsp3) is 0.316. The second-order valence-corrected chi connectivity index (χ2v) is 6.08. The number of rotatable bonds is 7. The van der Waals surface area contributed by atoms with Gasteiger partial charge in [0, 0.05) is 18.4 Å². The molecule has 5 heteroatoms. The second kappa shape index (κ2) is 7.73. The van der Waals surface area contributed by atoms with E-state index in [0.29, 0.717) is 12.5 Å². The minimum atomic E-state index is -0.331. The Balaban J connectivity index is 1.66. The van der Waals surface area contributed by atoms with Gasteiger partial charge in [0.2, 0.25) is 11.8 Å². The van der Waals surface area contributed by atoms with Crippen LogP contribution >= 0.6 is 0 Å². The van der Waals surface area contributed by atoms with Crippen LogP contribution in [0.1, 0.15) is 29.9 Å². The molecule has 3 rings (SSSR count). The van der Waals surface area contributed by atoms with Gasteiger partial charge in [0.05, 0.1) is 12.5 Å². The Morgan fingerprint density at radius 2 is 1.79 bits per heavy atom. The topological polar surface area (TPSA) is 71.1 Å². The molecule has 24 heavy (non-hydrogen) atoms. The Morgan fingerprint density at radius 1 is 1.08 bits per heavy atom. The molecule has 1 aromatic carbocycles. The van der Waals surface area contributed by atoms with E-state index < -0.39 is 0 Å². The number of pyridine rings is 1. The number of amides is 2. The fourth-order valence-corrected chi connectivity index (χ4v) is 2.60. The minimum Gasteiger partial charge on any atom is -0.352 e. The van der Waals surface area contributed by atoms with Crippen LogP contribution in [0.4, 0.5) is 0 Å². The minimum absolute atomic E-state index is 0.0228. The second-order valence-electron chi connectivity index (χ2n) is 6.08. The summed E-state index contributed by atoms with van der Waals surface area (Å²) >= 11 is 0. The lowest BCUT2D eigenvalue weighted by atomic mass is 9.91. The number of aromatic nitrogens is 1. The van der Waals surface area contributed by atoms with Crippen molar-refractivity contribution in [3.8, 4) is 0 Å². The van der Waals surface area contributed by atoms with Crippen LogP contribution in [0.25, 0.3) is 0 Å². The van der Waals surface area contributed by atoms with E-state index in [1.54, 1.807) is 12.4 Å². The first-order valence-electron chi connectivity index (χ1n) is 8.23. The molecule has 1 aliphatic rings. The van der Waals surface area contributed by atoms with Crippen LogP contribution in [0.2, 0.25) is 0 Å². The Labute approximate surface area is 141 Å². The normalized spacial score (nSPS) is 14.7. The Hall–Kier alpha value is -2.69. The third-order valence-electron chi connectivity index (χ3n) is 4.07. The molecular formula is C19H21N3O2. The summed E-state index contributed by atoms with van der Waals surface area (Å²) in [7, 11) is 0. The van der Waals surface area contributed by atoms with Gasteiger partial charge in [-0.3, -0.25) is 14.6 Å². The average Bonchev–Trinajstić information content (AvgIpc) is 3.43. The maximum atomic E-state index is 12.6. The fourth-order valence-electron chi connectivity index (χ4n) is 2.60. The van der Waals surface area contributed by atoms with E-state index in [9.17, 15) is 9.59 Å². The smallest absolute Gasteiger partial charge is 0.239 e. The zero-order chi connectivity index (χ0) is 16.8. The highest BCUT2D eigenvalue weighted by molar-refractivity contribution is 5.88. The van der Waals surface area contributed by atoms with Crippen molar-refractivity contribution in [2.24, 2.45) is 0 Å². The lowest BCUT2D eigenvalue weighted by molar-refractivity contribution is -0.127. The van der Waals surface area contributed by atoms with Gasteiger partial charge in [-0.15, -0.1) is 0 Å². The van der Waals surface area contributed by atoms with Crippen molar-refractivity contribution in [1.82, 2.24) is 15.6 Å². The molecule has 0 radical (unpaired) electrons. The molecule has 124 valence electrons. The first kappa shape index (κ1) is 16.2. The number of benzene rings is 1. The van der Waals surface area contributed by atoms with E-state index in [4.69, 9.17) is 0 Å². The number of nitrogens with one attached hydrogen (secondary N) is 2. The maximum Gasteiger partial charge on any atom is 0.239 e. The van der Waals surface area contributed by atoms with Crippen LogP contribution in [0.5, 0.6) is 0 Å². The van der Waals surface area contributed by atoms with Gasteiger partial charge in [0.15, 0.2) is 0 Å². The van der Waals surface area contributed by atoms with E-state index in [1.807, 2.05) is 42.5 Å². The van der Waals surface area contributed by atoms with Crippen molar-refractivity contribution >= 4 is 11.8 Å². The zero-order valence-electron chi connectivity index (χ0n) is 13.4. The van der Waals surface area contributed by atoms with Crippen molar-refractivity contribution in [3.63, 3.8) is 0 Å². The first-order valence-corrected chi connectivity index (χ1v) is 8.23. The van der Waals surface area contributed by atoms with E-state index in [-0.39, 0.29) is 24.3 Å². The Kier molecular flexibility index (Phi) is 5.21. The number of hydrogen-bond acceptors (Lipinski definition) is 3. The third-order valence-corrected chi connectivity index (χ3v) is 4.07. The Bertz CT molecular complexity index is 684. The standard InChI is InChI=1S/C19H21N3O2/c23-18(22-16-6-7-16)13-21-19(24)17(15-4-2-1-3-5-15)12-14-8-10-20-11-9-14/h1-5,8-11,16-17H,6-7,12-13H2,(H,21,24)(H,22,23). The summed E-state index contributed by atoms with van der Waals surface area (Å²) < 4.78 is 0. The van der Waals surface area contributed by atoms with Gasteiger partial charge in [0.1, 0.15) is 0 Å². The maximum absolute atomic E-state index is 12.6. The molecule has 0 spiro atoms. The summed E-state index contributed by atoms with van der Waals surface area (Å²) in [6.45, 7) is 0.0228. The van der Waals surface area contributed by atoms with Gasteiger partial charge < -0.3 is 10.6 Å². The zero-order valence-corrected chi connectivity index (χ0v) is 13.4. The molecule has 1 saturated carbocycles. The highest BCUT2D eigenvalue weighted by Gasteiger charge is 2.25. The van der Waals surface area contributed by atoms with Crippen LogP contribution in [0, 0.1) is 0 Å². The van der Waals surface area contributed by atoms with Gasteiger partial charge in [-0.25, -0.2) is 0 Å². The van der Waals surface area contributed by atoms with E-state index in [0.717, 1.165) is 24.0 Å². The van der Waals surface area contributed by atoms with Crippen molar-refractivity contribution in [2.45, 2.75) is 31.2 Å². The van der Waals surface area contributed by atoms with Crippen molar-refractivity contribution in [1.29, 1.82) is 0 Å². The molecule has 1 unspecified atom stereocenters. The largest absolute Gasteiger partial charge is 0.352 e. The molecule has 2 amide bonds. The molecule has 2 N–H and O–H groups in total. The molecule has 5 nitrogen and oxygen atoms in total. The van der Waals surface area contributed by atoms with Crippen LogP contribution in [0.3, 0.4) is 0 Å². The van der Waals surface area contributed by atoms with E-state index in [2.05, 4.69) is 15.6 Å². The summed E-state index contributed by atoms with van der Waals surface area (Å²) in [6, 6.07) is 13.8. The monoisotopic (exact) mass is 323 g/mol. The molecule has 0 saturated heterocycles. The summed E-state index contributed by atoms with van der Waals surface area (Å²) in [5.74, 6) is -0.590. The highest BCUT2D eigenvalue weighted by Crippen LogP contribution is 2.21. The number of nitrogens with zero attached hydrogens (tertiary/aromatic N) is 1. The predicted octanol–water partition coefficient (Wildman–Crippen LogP) is 1.80. The van der Waals surface area contributed by atoms with E-state index in [1.165, 1.54) is 0 Å². The summed E-state index contributed by atoms with van der Waals surface area (Å²) in [5, 5.41) is 5.64. The average molecular weight is 323 g/mol. The van der Waals surface area contributed by atoms with Crippen molar-refractivity contribution < 1.29 is 9.59 Å². The third kappa shape index (κ3) is 4.65. The summed E-state index contributed by atoms with van der Waals surface area (Å²) in [4.78, 5) is 28.4. The highest BCUT2D eigenvalue weighted by atomic mass is 16.2. The van der Waals surface area contributed by atoms with Crippen LogP contribution in [-0.4, -0.2) is 29.4 Å². The van der Waals surface area contributed by atoms with Crippen LogP contribution < -0.4 is 10.6 Å². The molecule has 1 aliphatic carbocycles. The molecule has 0 bridgehead atoms. The number of carbonyl (C=O) groups excluding carboxylic acids is 2. The quantitative estimate of drug-likeness (QED) is 0.816. The molecular weight excluding hydrogens is 302 g/mol. The van der Waals surface area contributed by atoms with Crippen LogP contribution in [0.15, 0.2) is 54.9 Å². The van der Waals surface area contributed by atoms with Gasteiger partial charge in [-0.05, 0) is 42.5 Å².